The van der Waals surface area contributed by atoms with Crippen LogP contribution in [0.4, 0.5) is 0 Å². The van der Waals surface area contributed by atoms with Crippen molar-refractivity contribution in [1.29, 1.82) is 0 Å². The molecular formula is C24H30O5. The fourth-order valence-electron chi connectivity index (χ4n) is 3.13. The molecule has 0 fully saturated rings. The molecule has 5 nitrogen and oxygen atoms in total. The number of ether oxygens (including phenoxy) is 3. The second-order valence-corrected chi connectivity index (χ2v) is 7.87. The number of hydrogen-bond acceptors (Lipinski definition) is 4. The molecule has 0 amide bonds. The lowest BCUT2D eigenvalue weighted by Crippen LogP contribution is -2.14. The minimum absolute atomic E-state index is 0.0694. The Hall–Kier alpha value is -2.63. The van der Waals surface area contributed by atoms with Gasteiger partial charge in [0.05, 0.1) is 12.7 Å². The van der Waals surface area contributed by atoms with Crippen LogP contribution in [0, 0.1) is 0 Å². The van der Waals surface area contributed by atoms with Crippen LogP contribution < -0.4 is 4.74 Å². The highest BCUT2D eigenvalue weighted by molar-refractivity contribution is 5.89. The maximum absolute atomic E-state index is 11.2. The van der Waals surface area contributed by atoms with E-state index in [1.54, 1.807) is 33.5 Å². The fourth-order valence-corrected chi connectivity index (χ4v) is 3.13. The van der Waals surface area contributed by atoms with Crippen LogP contribution in [-0.2, 0) is 14.9 Å². The molecule has 5 heteroatoms. The lowest BCUT2D eigenvalue weighted by Gasteiger charge is -2.23. The summed E-state index contributed by atoms with van der Waals surface area (Å²) < 4.78 is 16.3. The van der Waals surface area contributed by atoms with Gasteiger partial charge in [-0.2, -0.15) is 0 Å². The third-order valence-electron chi connectivity index (χ3n) is 4.79. The molecule has 0 saturated heterocycles. The second kappa shape index (κ2) is 9.72. The SMILES string of the molecule is COc1ccc(C=C(CC(OC)OC)c2ccc(C(=O)O)cc2)cc1C(C)(C)C. The molecule has 0 bridgehead atoms. The maximum Gasteiger partial charge on any atom is 0.335 e. The lowest BCUT2D eigenvalue weighted by molar-refractivity contribution is -0.0970. The van der Waals surface area contributed by atoms with Crippen LogP contribution in [0.25, 0.3) is 11.6 Å². The third kappa shape index (κ3) is 5.92. The van der Waals surface area contributed by atoms with E-state index >= 15 is 0 Å². The Morgan fingerprint density at radius 2 is 1.59 bits per heavy atom. The Bertz CT molecular complexity index is 856. The highest BCUT2D eigenvalue weighted by Gasteiger charge is 2.19. The van der Waals surface area contributed by atoms with Crippen LogP contribution in [0.2, 0.25) is 0 Å². The number of methoxy groups -OCH3 is 3. The van der Waals surface area contributed by atoms with Gasteiger partial charge in [-0.05, 0) is 46.4 Å². The van der Waals surface area contributed by atoms with E-state index in [0.29, 0.717) is 6.42 Å². The molecule has 0 heterocycles. The Kier molecular flexibility index (Phi) is 7.59. The van der Waals surface area contributed by atoms with E-state index in [-0.39, 0.29) is 11.0 Å². The van der Waals surface area contributed by atoms with E-state index in [9.17, 15) is 4.79 Å². The monoisotopic (exact) mass is 398 g/mol. The number of carboxylic acid groups (broad SMARTS) is 1. The van der Waals surface area contributed by atoms with Gasteiger partial charge in [-0.1, -0.05) is 45.0 Å². The normalized spacial score (nSPS) is 12.3. The zero-order valence-corrected chi connectivity index (χ0v) is 18.0. The summed E-state index contributed by atoms with van der Waals surface area (Å²) >= 11 is 0. The number of hydrogen-bond donors (Lipinski definition) is 1. The Balaban J connectivity index is 2.53. The summed E-state index contributed by atoms with van der Waals surface area (Å²) in [5.74, 6) is -0.0904. The zero-order valence-electron chi connectivity index (χ0n) is 18.0. The zero-order chi connectivity index (χ0) is 21.6. The first kappa shape index (κ1) is 22.7. The van der Waals surface area contributed by atoms with E-state index < -0.39 is 12.3 Å². The van der Waals surface area contributed by atoms with E-state index in [2.05, 4.69) is 32.9 Å². The number of benzene rings is 2. The van der Waals surface area contributed by atoms with Gasteiger partial charge in [0.15, 0.2) is 6.29 Å². The maximum atomic E-state index is 11.2. The molecule has 2 rings (SSSR count). The molecule has 1 N–H and O–H groups in total. The second-order valence-electron chi connectivity index (χ2n) is 7.87. The molecule has 0 saturated carbocycles. The Morgan fingerprint density at radius 3 is 2.07 bits per heavy atom. The Labute approximate surface area is 172 Å². The molecule has 0 aromatic heterocycles. The van der Waals surface area contributed by atoms with Crippen LogP contribution in [0.3, 0.4) is 0 Å². The molecule has 156 valence electrons. The summed E-state index contributed by atoms with van der Waals surface area (Å²) in [7, 11) is 4.88. The summed E-state index contributed by atoms with van der Waals surface area (Å²) in [6.07, 6.45) is 2.20. The minimum atomic E-state index is -0.946. The summed E-state index contributed by atoms with van der Waals surface area (Å²) in [6.45, 7) is 6.45. The van der Waals surface area contributed by atoms with Gasteiger partial charge in [0.25, 0.3) is 0 Å². The molecule has 0 radical (unpaired) electrons. The van der Waals surface area contributed by atoms with Crippen molar-refractivity contribution < 1.29 is 24.1 Å². The van der Waals surface area contributed by atoms with E-state index in [4.69, 9.17) is 19.3 Å². The first-order valence-electron chi connectivity index (χ1n) is 9.48. The van der Waals surface area contributed by atoms with Gasteiger partial charge in [0, 0.05) is 26.2 Å². The van der Waals surface area contributed by atoms with Gasteiger partial charge in [0.2, 0.25) is 0 Å². The van der Waals surface area contributed by atoms with Crippen molar-refractivity contribution in [1.82, 2.24) is 0 Å². The summed E-state index contributed by atoms with van der Waals surface area (Å²) in [6, 6.07) is 12.9. The van der Waals surface area contributed by atoms with Gasteiger partial charge in [-0.25, -0.2) is 4.79 Å². The van der Waals surface area contributed by atoms with Gasteiger partial charge in [-0.3, -0.25) is 0 Å². The summed E-state index contributed by atoms with van der Waals surface area (Å²) in [5, 5.41) is 9.16. The van der Waals surface area contributed by atoms with Crippen LogP contribution in [0.15, 0.2) is 42.5 Å². The minimum Gasteiger partial charge on any atom is -0.496 e. The van der Waals surface area contributed by atoms with E-state index in [0.717, 1.165) is 28.0 Å². The smallest absolute Gasteiger partial charge is 0.335 e. The predicted octanol–water partition coefficient (Wildman–Crippen LogP) is 5.24. The van der Waals surface area contributed by atoms with Crippen molar-refractivity contribution in [2.75, 3.05) is 21.3 Å². The van der Waals surface area contributed by atoms with Crippen molar-refractivity contribution in [2.45, 2.75) is 38.9 Å². The lowest BCUT2D eigenvalue weighted by atomic mass is 9.85. The molecule has 0 aliphatic carbocycles. The molecule has 0 aliphatic rings. The van der Waals surface area contributed by atoms with E-state index in [1.165, 1.54) is 0 Å². The molecule has 0 atom stereocenters. The Morgan fingerprint density at radius 1 is 1.00 bits per heavy atom. The van der Waals surface area contributed by atoms with Gasteiger partial charge in [0.1, 0.15) is 5.75 Å². The quantitative estimate of drug-likeness (QED) is 0.487. The summed E-state index contributed by atoms with van der Waals surface area (Å²) in [5.41, 5.74) is 4.23. The number of carboxylic acids is 1. The molecule has 2 aromatic rings. The number of rotatable bonds is 8. The number of aromatic carboxylic acids is 1. The molecule has 0 aliphatic heterocycles. The predicted molar refractivity (Wildman–Crippen MR) is 115 cm³/mol. The van der Waals surface area contributed by atoms with Gasteiger partial charge < -0.3 is 19.3 Å². The third-order valence-corrected chi connectivity index (χ3v) is 4.79. The van der Waals surface area contributed by atoms with Crippen LogP contribution in [0.5, 0.6) is 5.75 Å². The van der Waals surface area contributed by atoms with Crippen molar-refractivity contribution >= 4 is 17.6 Å². The number of carbonyl (C=O) groups is 1. The van der Waals surface area contributed by atoms with Gasteiger partial charge in [-0.15, -0.1) is 0 Å². The first-order valence-corrected chi connectivity index (χ1v) is 9.48. The fraction of sp³-hybridized carbons (Fsp3) is 0.375. The highest BCUT2D eigenvalue weighted by Crippen LogP contribution is 2.33. The topological polar surface area (TPSA) is 65.0 Å². The molecule has 2 aromatic carbocycles. The highest BCUT2D eigenvalue weighted by atomic mass is 16.7. The van der Waals surface area contributed by atoms with Gasteiger partial charge >= 0.3 is 5.97 Å². The van der Waals surface area contributed by atoms with Crippen LogP contribution in [0.1, 0.15) is 54.2 Å². The van der Waals surface area contributed by atoms with Crippen LogP contribution >= 0.6 is 0 Å². The molecule has 29 heavy (non-hydrogen) atoms. The van der Waals surface area contributed by atoms with Crippen molar-refractivity contribution in [3.05, 3.63) is 64.7 Å². The molecule has 0 unspecified atom stereocenters. The van der Waals surface area contributed by atoms with Crippen LogP contribution in [-0.4, -0.2) is 38.7 Å². The van der Waals surface area contributed by atoms with Crippen molar-refractivity contribution in [3.8, 4) is 5.75 Å². The van der Waals surface area contributed by atoms with E-state index in [1.807, 2.05) is 24.3 Å². The average molecular weight is 398 g/mol. The largest absolute Gasteiger partial charge is 0.496 e. The standard InChI is InChI=1S/C24H30O5/c1-24(2,3)20-14-16(7-12-21(20)27-4)13-19(15-22(28-5)29-6)17-8-10-18(11-9-17)23(25)26/h7-14,22H,15H2,1-6H3,(H,25,26). The van der Waals surface area contributed by atoms with Crippen molar-refractivity contribution in [2.24, 2.45) is 0 Å². The summed E-state index contributed by atoms with van der Waals surface area (Å²) in [4.78, 5) is 11.2. The van der Waals surface area contributed by atoms with Crippen molar-refractivity contribution in [3.63, 3.8) is 0 Å². The molecular weight excluding hydrogens is 368 g/mol. The average Bonchev–Trinajstić information content (AvgIpc) is 2.70. The molecule has 0 spiro atoms. The first-order chi connectivity index (χ1) is 13.7.